The van der Waals surface area contributed by atoms with Crippen LogP contribution in [0.2, 0.25) is 0 Å². The summed E-state index contributed by atoms with van der Waals surface area (Å²) in [6.45, 7) is 4.12. The molecule has 8 nitrogen and oxygen atoms in total. The van der Waals surface area contributed by atoms with Gasteiger partial charge in [-0.05, 0) is 37.3 Å². The lowest BCUT2D eigenvalue weighted by atomic mass is 10.0. The third kappa shape index (κ3) is 9.29. The maximum Gasteiger partial charge on any atom is 0.326 e. The van der Waals surface area contributed by atoms with Gasteiger partial charge in [-0.3, -0.25) is 4.79 Å². The number of nitrogens with one attached hydrogen (secondary N) is 2. The summed E-state index contributed by atoms with van der Waals surface area (Å²) in [4.78, 5) is 24.2. The van der Waals surface area contributed by atoms with Crippen LogP contribution in [0, 0.1) is 5.92 Å². The van der Waals surface area contributed by atoms with Crippen LogP contribution in [0.3, 0.4) is 0 Å². The van der Waals surface area contributed by atoms with E-state index in [1.165, 1.54) is 0 Å². The van der Waals surface area contributed by atoms with Gasteiger partial charge in [-0.1, -0.05) is 44.2 Å². The van der Waals surface area contributed by atoms with Gasteiger partial charge < -0.3 is 16.2 Å². The Hall–Kier alpha value is -1.97. The number of nitrogens with two attached hydrogens (primary N) is 1. The Bertz CT molecular complexity index is 722. The zero-order valence-electron chi connectivity index (χ0n) is 16.4. The number of aliphatic carboxylic acids is 1. The molecule has 0 aromatic heterocycles. The average Bonchev–Trinajstić information content (AvgIpc) is 2.60. The summed E-state index contributed by atoms with van der Waals surface area (Å²) in [5, 5.41) is 11.9. The largest absolute Gasteiger partial charge is 0.480 e. The van der Waals surface area contributed by atoms with Crippen molar-refractivity contribution in [1.29, 1.82) is 0 Å². The Kier molecular flexibility index (Phi) is 10.1. The van der Waals surface area contributed by atoms with Crippen LogP contribution in [0.15, 0.2) is 30.3 Å². The van der Waals surface area contributed by atoms with Crippen molar-refractivity contribution in [2.45, 2.75) is 51.6 Å². The molecular weight excluding hydrogens is 382 g/mol. The van der Waals surface area contributed by atoms with Crippen LogP contribution in [0.5, 0.6) is 0 Å². The third-order valence-electron chi connectivity index (χ3n) is 4.11. The Morgan fingerprint density at radius 1 is 1.11 bits per heavy atom. The molecule has 158 valence electrons. The number of rotatable bonds is 13. The van der Waals surface area contributed by atoms with Crippen molar-refractivity contribution in [2.75, 3.05) is 12.3 Å². The van der Waals surface area contributed by atoms with Gasteiger partial charge in [0.2, 0.25) is 15.9 Å². The Labute approximate surface area is 166 Å². The molecule has 0 radical (unpaired) electrons. The minimum Gasteiger partial charge on any atom is -0.480 e. The second-order valence-electron chi connectivity index (χ2n) is 7.20. The zero-order valence-corrected chi connectivity index (χ0v) is 17.2. The standard InChI is InChI=1S/C19H31N3O5S/c1-14(2)12-16(22-28(26,27)11-7-6-10-20)18(23)21-17(19(24)25)13-15-8-4-3-5-9-15/h3-5,8-9,14,16-17,22H,6-7,10-13,20H2,1-2H3,(H,21,23)(H,24,25)/t16-,17-/m0/s1. The van der Waals surface area contributed by atoms with Crippen molar-refractivity contribution in [3.63, 3.8) is 0 Å². The lowest BCUT2D eigenvalue weighted by Gasteiger charge is -2.23. The van der Waals surface area contributed by atoms with Gasteiger partial charge in [0.05, 0.1) is 5.75 Å². The number of carbonyl (C=O) groups excluding carboxylic acids is 1. The highest BCUT2D eigenvalue weighted by Crippen LogP contribution is 2.09. The van der Waals surface area contributed by atoms with Crippen LogP contribution in [-0.2, 0) is 26.0 Å². The summed E-state index contributed by atoms with van der Waals surface area (Å²) in [5.41, 5.74) is 6.15. The molecule has 9 heteroatoms. The van der Waals surface area contributed by atoms with Crippen molar-refractivity contribution in [3.05, 3.63) is 35.9 Å². The quantitative estimate of drug-likeness (QED) is 0.354. The molecule has 0 heterocycles. The number of unbranched alkanes of at least 4 members (excludes halogenated alkanes) is 1. The first-order chi connectivity index (χ1) is 13.1. The normalized spacial score (nSPS) is 13.9. The summed E-state index contributed by atoms with van der Waals surface area (Å²) < 4.78 is 26.9. The number of hydrogen-bond donors (Lipinski definition) is 4. The predicted octanol–water partition coefficient (Wildman–Crippen LogP) is 0.872. The van der Waals surface area contributed by atoms with E-state index in [1.54, 1.807) is 24.3 Å². The molecule has 0 aliphatic heterocycles. The second-order valence-corrected chi connectivity index (χ2v) is 9.08. The number of carbonyl (C=O) groups is 2. The molecule has 28 heavy (non-hydrogen) atoms. The van der Waals surface area contributed by atoms with Gasteiger partial charge in [-0.15, -0.1) is 0 Å². The highest BCUT2D eigenvalue weighted by Gasteiger charge is 2.29. The van der Waals surface area contributed by atoms with Crippen LogP contribution in [0.4, 0.5) is 0 Å². The highest BCUT2D eigenvalue weighted by atomic mass is 32.2. The number of amides is 1. The monoisotopic (exact) mass is 413 g/mol. The van der Waals surface area contributed by atoms with E-state index in [0.717, 1.165) is 5.56 Å². The van der Waals surface area contributed by atoms with Crippen LogP contribution < -0.4 is 15.8 Å². The summed E-state index contributed by atoms with van der Waals surface area (Å²) in [7, 11) is -3.67. The summed E-state index contributed by atoms with van der Waals surface area (Å²) in [6, 6.07) is 6.75. The molecule has 0 bridgehead atoms. The molecule has 0 saturated heterocycles. The first-order valence-electron chi connectivity index (χ1n) is 9.41. The molecule has 1 rings (SSSR count). The Morgan fingerprint density at radius 3 is 2.29 bits per heavy atom. The molecule has 0 fully saturated rings. The number of carboxylic acids is 1. The van der Waals surface area contributed by atoms with Crippen LogP contribution >= 0.6 is 0 Å². The molecule has 1 aromatic rings. The minimum absolute atomic E-state index is 0.0416. The molecule has 0 unspecified atom stereocenters. The zero-order chi connectivity index (χ0) is 21.2. The van der Waals surface area contributed by atoms with Crippen molar-refractivity contribution < 1.29 is 23.1 Å². The fourth-order valence-corrected chi connectivity index (χ4v) is 4.05. The Morgan fingerprint density at radius 2 is 1.75 bits per heavy atom. The molecule has 0 aliphatic carbocycles. The SMILES string of the molecule is CC(C)C[C@H](NS(=O)(=O)CCCCN)C(=O)N[C@@H](Cc1ccccc1)C(=O)O. The highest BCUT2D eigenvalue weighted by molar-refractivity contribution is 7.89. The molecule has 2 atom stereocenters. The number of carboxylic acid groups (broad SMARTS) is 1. The molecule has 0 spiro atoms. The van der Waals surface area contributed by atoms with Gasteiger partial charge in [-0.2, -0.15) is 0 Å². The third-order valence-corrected chi connectivity index (χ3v) is 5.58. The van der Waals surface area contributed by atoms with E-state index in [0.29, 0.717) is 19.4 Å². The molecule has 0 saturated carbocycles. The summed E-state index contributed by atoms with van der Waals surface area (Å²) in [5.74, 6) is -1.90. The fourth-order valence-electron chi connectivity index (χ4n) is 2.71. The van der Waals surface area contributed by atoms with Gasteiger partial charge in [0, 0.05) is 6.42 Å². The molecule has 1 aromatic carbocycles. The van der Waals surface area contributed by atoms with Gasteiger partial charge in [0.15, 0.2) is 0 Å². The average molecular weight is 414 g/mol. The van der Waals surface area contributed by atoms with Gasteiger partial charge in [-0.25, -0.2) is 17.9 Å². The number of benzene rings is 1. The minimum atomic E-state index is -3.67. The second kappa shape index (κ2) is 11.8. The van der Waals surface area contributed by atoms with Crippen molar-refractivity contribution in [3.8, 4) is 0 Å². The van der Waals surface area contributed by atoms with Crippen LogP contribution in [0.1, 0.15) is 38.7 Å². The van der Waals surface area contributed by atoms with Gasteiger partial charge in [0.25, 0.3) is 0 Å². The van der Waals surface area contributed by atoms with Crippen molar-refractivity contribution in [1.82, 2.24) is 10.0 Å². The van der Waals surface area contributed by atoms with Crippen LogP contribution in [-0.4, -0.2) is 49.8 Å². The molecule has 1 amide bonds. The molecule has 0 aliphatic rings. The lowest BCUT2D eigenvalue weighted by Crippen LogP contribution is -2.52. The number of hydrogen-bond acceptors (Lipinski definition) is 5. The van der Waals surface area contributed by atoms with Crippen molar-refractivity contribution in [2.24, 2.45) is 11.7 Å². The smallest absolute Gasteiger partial charge is 0.326 e. The van der Waals surface area contributed by atoms with E-state index in [4.69, 9.17) is 5.73 Å². The first kappa shape index (κ1) is 24.1. The number of sulfonamides is 1. The molecular formula is C19H31N3O5S. The van der Waals surface area contributed by atoms with E-state index in [-0.39, 0.29) is 24.5 Å². The summed E-state index contributed by atoms with van der Waals surface area (Å²) >= 11 is 0. The van der Waals surface area contributed by atoms with E-state index in [1.807, 2.05) is 19.9 Å². The summed E-state index contributed by atoms with van der Waals surface area (Å²) in [6.07, 6.45) is 1.34. The van der Waals surface area contributed by atoms with Crippen molar-refractivity contribution >= 4 is 21.9 Å². The lowest BCUT2D eigenvalue weighted by molar-refractivity contribution is -0.142. The van der Waals surface area contributed by atoms with E-state index >= 15 is 0 Å². The van der Waals surface area contributed by atoms with Crippen LogP contribution in [0.25, 0.3) is 0 Å². The van der Waals surface area contributed by atoms with E-state index in [9.17, 15) is 23.1 Å². The van der Waals surface area contributed by atoms with Gasteiger partial charge in [0.1, 0.15) is 12.1 Å². The molecule has 5 N–H and O–H groups in total. The topological polar surface area (TPSA) is 139 Å². The van der Waals surface area contributed by atoms with E-state index in [2.05, 4.69) is 10.0 Å². The fraction of sp³-hybridized carbons (Fsp3) is 0.579. The maximum absolute atomic E-state index is 12.7. The van der Waals surface area contributed by atoms with Gasteiger partial charge >= 0.3 is 5.97 Å². The predicted molar refractivity (Wildman–Crippen MR) is 108 cm³/mol. The first-order valence-corrected chi connectivity index (χ1v) is 11.1. The Balaban J connectivity index is 2.84. The van der Waals surface area contributed by atoms with E-state index < -0.39 is 34.0 Å². The maximum atomic E-state index is 12.7.